The molecule has 1 aliphatic heterocycles. The van der Waals surface area contributed by atoms with Crippen LogP contribution in [-0.4, -0.2) is 72.1 Å². The van der Waals surface area contributed by atoms with Gasteiger partial charge in [-0.2, -0.15) is 0 Å². The summed E-state index contributed by atoms with van der Waals surface area (Å²) in [4.78, 5) is 31.1. The van der Waals surface area contributed by atoms with E-state index in [4.69, 9.17) is 4.74 Å². The van der Waals surface area contributed by atoms with E-state index in [-0.39, 0.29) is 17.9 Å². The van der Waals surface area contributed by atoms with Gasteiger partial charge in [0.25, 0.3) is 5.91 Å². The van der Waals surface area contributed by atoms with Crippen molar-refractivity contribution in [1.29, 1.82) is 0 Å². The first-order valence-corrected chi connectivity index (χ1v) is 11.3. The highest BCUT2D eigenvalue weighted by Gasteiger charge is 2.48. The summed E-state index contributed by atoms with van der Waals surface area (Å²) < 4.78 is 7.39. The fourth-order valence-corrected chi connectivity index (χ4v) is 4.89. The van der Waals surface area contributed by atoms with Crippen molar-refractivity contribution < 1.29 is 14.3 Å². The molecule has 0 radical (unpaired) electrons. The Labute approximate surface area is 184 Å². The number of carbonyl (C=O) groups is 2. The van der Waals surface area contributed by atoms with Gasteiger partial charge < -0.3 is 24.4 Å². The Kier molecular flexibility index (Phi) is 5.97. The maximum atomic E-state index is 13.6. The van der Waals surface area contributed by atoms with Crippen LogP contribution in [0.25, 0.3) is 10.9 Å². The van der Waals surface area contributed by atoms with Gasteiger partial charge in [0.05, 0.1) is 19.2 Å². The van der Waals surface area contributed by atoms with Gasteiger partial charge in [-0.15, -0.1) is 0 Å². The molecule has 4 rings (SSSR count). The molecule has 0 bridgehead atoms. The molecule has 168 valence electrons. The average molecular weight is 427 g/mol. The number of methoxy groups -OCH3 is 1. The van der Waals surface area contributed by atoms with Gasteiger partial charge in [0.1, 0.15) is 17.0 Å². The van der Waals surface area contributed by atoms with Crippen molar-refractivity contribution in [2.45, 2.75) is 57.2 Å². The van der Waals surface area contributed by atoms with E-state index in [1.807, 2.05) is 54.8 Å². The molecule has 2 amide bonds. The van der Waals surface area contributed by atoms with Crippen LogP contribution < -0.4 is 10.1 Å². The van der Waals surface area contributed by atoms with Crippen molar-refractivity contribution in [2.75, 3.05) is 34.3 Å². The lowest BCUT2D eigenvalue weighted by Gasteiger charge is -2.45. The van der Waals surface area contributed by atoms with Crippen molar-refractivity contribution in [3.63, 3.8) is 0 Å². The first-order chi connectivity index (χ1) is 14.8. The second-order valence-electron chi connectivity index (χ2n) is 9.38. The molecule has 0 saturated heterocycles. The van der Waals surface area contributed by atoms with Crippen LogP contribution in [0, 0.1) is 0 Å². The molecule has 1 aromatic carbocycles. The van der Waals surface area contributed by atoms with Crippen molar-refractivity contribution in [3.05, 3.63) is 30.0 Å². The summed E-state index contributed by atoms with van der Waals surface area (Å²) in [5, 5.41) is 4.26. The third-order valence-electron chi connectivity index (χ3n) is 6.84. The number of rotatable bonds is 6. The molecule has 2 heterocycles. The molecule has 1 saturated carbocycles. The Hall–Kier alpha value is -2.54. The zero-order chi connectivity index (χ0) is 22.2. The van der Waals surface area contributed by atoms with Crippen molar-refractivity contribution in [1.82, 2.24) is 19.7 Å². The van der Waals surface area contributed by atoms with Gasteiger partial charge in [0, 0.05) is 30.6 Å². The second kappa shape index (κ2) is 8.54. The number of nitrogens with zero attached hydrogens (tertiary/aromatic N) is 3. The van der Waals surface area contributed by atoms with Crippen molar-refractivity contribution in [3.8, 4) is 5.75 Å². The lowest BCUT2D eigenvalue weighted by atomic mass is 9.91. The van der Waals surface area contributed by atoms with E-state index in [0.29, 0.717) is 25.3 Å². The molecule has 31 heavy (non-hydrogen) atoms. The van der Waals surface area contributed by atoms with Gasteiger partial charge in [-0.05, 0) is 52.1 Å². The highest BCUT2D eigenvalue weighted by atomic mass is 16.5. The molecule has 7 heteroatoms. The summed E-state index contributed by atoms with van der Waals surface area (Å²) in [5.41, 5.74) is 0.601. The van der Waals surface area contributed by atoms with Crippen molar-refractivity contribution >= 4 is 22.7 Å². The summed E-state index contributed by atoms with van der Waals surface area (Å²) in [6, 6.07) is 7.94. The molecule has 0 spiro atoms. The smallest absolute Gasteiger partial charge is 0.271 e. The molecule has 2 aromatic rings. The second-order valence-corrected chi connectivity index (χ2v) is 9.38. The first-order valence-electron chi connectivity index (χ1n) is 11.3. The lowest BCUT2D eigenvalue weighted by molar-refractivity contribution is -0.133. The number of aromatic nitrogens is 1. The van der Waals surface area contributed by atoms with Gasteiger partial charge in [-0.25, -0.2) is 0 Å². The quantitative estimate of drug-likeness (QED) is 0.771. The molecule has 7 nitrogen and oxygen atoms in total. The lowest BCUT2D eigenvalue weighted by Crippen LogP contribution is -2.65. The van der Waals surface area contributed by atoms with Gasteiger partial charge in [-0.3, -0.25) is 9.59 Å². The maximum absolute atomic E-state index is 13.6. The van der Waals surface area contributed by atoms with Crippen LogP contribution >= 0.6 is 0 Å². The van der Waals surface area contributed by atoms with Gasteiger partial charge >= 0.3 is 0 Å². The van der Waals surface area contributed by atoms with E-state index in [1.165, 1.54) is 6.42 Å². The van der Waals surface area contributed by atoms with E-state index in [2.05, 4.69) is 5.32 Å². The van der Waals surface area contributed by atoms with Crippen LogP contribution in [0.4, 0.5) is 0 Å². The number of amides is 2. The highest BCUT2D eigenvalue weighted by Crippen LogP contribution is 2.34. The molecule has 2 aliphatic rings. The minimum Gasteiger partial charge on any atom is -0.497 e. The molecule has 1 N–H and O–H groups in total. The summed E-state index contributed by atoms with van der Waals surface area (Å²) >= 11 is 0. The van der Waals surface area contributed by atoms with Gasteiger partial charge in [0.2, 0.25) is 5.91 Å². The minimum atomic E-state index is -0.952. The zero-order valence-corrected chi connectivity index (χ0v) is 19.1. The molecule has 1 fully saturated rings. The van der Waals surface area contributed by atoms with Crippen LogP contribution in [-0.2, 0) is 11.3 Å². The number of hydrogen-bond donors (Lipinski definition) is 1. The van der Waals surface area contributed by atoms with E-state index in [0.717, 1.165) is 42.3 Å². The molecular formula is C24H34N4O3. The topological polar surface area (TPSA) is 66.8 Å². The maximum Gasteiger partial charge on any atom is 0.271 e. The van der Waals surface area contributed by atoms with E-state index in [9.17, 15) is 9.59 Å². The molecule has 0 unspecified atom stereocenters. The Balaban J connectivity index is 1.72. The van der Waals surface area contributed by atoms with E-state index in [1.54, 1.807) is 12.0 Å². The Morgan fingerprint density at radius 3 is 2.65 bits per heavy atom. The largest absolute Gasteiger partial charge is 0.497 e. The van der Waals surface area contributed by atoms with Crippen LogP contribution in [0.5, 0.6) is 5.75 Å². The standard InChI is InChI=1S/C24H34N4O3/c1-24(23(30)25-18-8-6-5-7-9-18)16-27-20-15-19(31-4)11-10-17(20)14-21(27)22(29)28(24)13-12-26(2)3/h10-11,14-15,18H,5-9,12-13,16H2,1-4H3,(H,25,30)/t24-/m0/s1. The predicted octanol–water partition coefficient (Wildman–Crippen LogP) is 2.87. The summed E-state index contributed by atoms with van der Waals surface area (Å²) in [7, 11) is 5.60. The van der Waals surface area contributed by atoms with E-state index < -0.39 is 5.54 Å². The molecular weight excluding hydrogens is 392 g/mol. The molecule has 1 aliphatic carbocycles. The van der Waals surface area contributed by atoms with Crippen LogP contribution in [0.1, 0.15) is 49.5 Å². The fraction of sp³-hybridized carbons (Fsp3) is 0.583. The number of benzene rings is 1. The van der Waals surface area contributed by atoms with Gasteiger partial charge in [0.15, 0.2) is 0 Å². The minimum absolute atomic E-state index is 0.0538. The van der Waals surface area contributed by atoms with Crippen LogP contribution in [0.3, 0.4) is 0 Å². The summed E-state index contributed by atoms with van der Waals surface area (Å²) in [6.45, 7) is 3.54. The number of ether oxygens (including phenoxy) is 1. The first kappa shape index (κ1) is 21.7. The van der Waals surface area contributed by atoms with Crippen LogP contribution in [0.15, 0.2) is 24.3 Å². The number of fused-ring (bicyclic) bond motifs is 3. The number of hydrogen-bond acceptors (Lipinski definition) is 4. The number of nitrogens with one attached hydrogen (secondary N) is 1. The fourth-order valence-electron chi connectivity index (χ4n) is 4.89. The Morgan fingerprint density at radius 1 is 1.23 bits per heavy atom. The third kappa shape index (κ3) is 4.03. The third-order valence-corrected chi connectivity index (χ3v) is 6.84. The Morgan fingerprint density at radius 2 is 1.97 bits per heavy atom. The SMILES string of the molecule is COc1ccc2cc3n(c2c1)C[C@@](C)(C(=O)NC1CCCCC1)N(CCN(C)C)C3=O. The zero-order valence-electron chi connectivity index (χ0n) is 19.1. The molecule has 1 aromatic heterocycles. The summed E-state index contributed by atoms with van der Waals surface area (Å²) in [5.74, 6) is 0.593. The number of carbonyl (C=O) groups excluding carboxylic acids is 2. The van der Waals surface area contributed by atoms with Crippen LogP contribution in [0.2, 0.25) is 0 Å². The average Bonchev–Trinajstić information content (AvgIpc) is 3.11. The Bertz CT molecular complexity index is 977. The number of likely N-dealkylation sites (N-methyl/N-ethyl adjacent to an activating group) is 1. The molecule has 1 atom stereocenters. The highest BCUT2D eigenvalue weighted by molar-refractivity contribution is 6.03. The normalized spacial score (nSPS) is 22.1. The van der Waals surface area contributed by atoms with Gasteiger partial charge in [-0.1, -0.05) is 19.3 Å². The van der Waals surface area contributed by atoms with E-state index >= 15 is 0 Å². The van der Waals surface area contributed by atoms with Crippen molar-refractivity contribution in [2.24, 2.45) is 0 Å². The summed E-state index contributed by atoms with van der Waals surface area (Å²) in [6.07, 6.45) is 5.57. The monoisotopic (exact) mass is 426 g/mol. The predicted molar refractivity (Wildman–Crippen MR) is 122 cm³/mol.